The van der Waals surface area contributed by atoms with E-state index in [1.165, 1.54) is 0 Å². The number of carboxylic acid groups (broad SMARTS) is 1. The maximum absolute atomic E-state index is 11.5. The summed E-state index contributed by atoms with van der Waals surface area (Å²) in [5.41, 5.74) is 1.81. The molecule has 0 saturated carbocycles. The highest BCUT2D eigenvalue weighted by molar-refractivity contribution is 5.74. The van der Waals surface area contributed by atoms with Crippen molar-refractivity contribution in [3.8, 4) is 0 Å². The SMILES string of the molecule is CC(C)(C)OCc1cccc(CNC(=O)NCCC(=O)O)c1. The number of benzene rings is 1. The quantitative estimate of drug-likeness (QED) is 0.721. The number of carbonyl (C=O) groups is 2. The van der Waals surface area contributed by atoms with E-state index in [0.717, 1.165) is 11.1 Å². The van der Waals surface area contributed by atoms with Crippen LogP contribution < -0.4 is 10.6 Å². The summed E-state index contributed by atoms with van der Waals surface area (Å²) in [6.45, 7) is 7.00. The monoisotopic (exact) mass is 308 g/mol. The van der Waals surface area contributed by atoms with Crippen LogP contribution in [0.25, 0.3) is 0 Å². The van der Waals surface area contributed by atoms with Gasteiger partial charge >= 0.3 is 12.0 Å². The average Bonchev–Trinajstić information content (AvgIpc) is 2.42. The molecule has 0 atom stereocenters. The molecule has 0 aliphatic carbocycles. The minimum absolute atomic E-state index is 0.0902. The molecule has 1 aromatic carbocycles. The molecular weight excluding hydrogens is 284 g/mol. The minimum Gasteiger partial charge on any atom is -0.481 e. The van der Waals surface area contributed by atoms with E-state index >= 15 is 0 Å². The van der Waals surface area contributed by atoms with Gasteiger partial charge in [0.05, 0.1) is 18.6 Å². The number of nitrogens with one attached hydrogen (secondary N) is 2. The van der Waals surface area contributed by atoms with Gasteiger partial charge in [-0.1, -0.05) is 24.3 Å². The third-order valence-corrected chi connectivity index (χ3v) is 2.74. The van der Waals surface area contributed by atoms with Crippen LogP contribution in [0.5, 0.6) is 0 Å². The van der Waals surface area contributed by atoms with Crippen molar-refractivity contribution in [2.45, 2.75) is 45.9 Å². The van der Waals surface area contributed by atoms with Crippen LogP contribution in [0.3, 0.4) is 0 Å². The first-order valence-electron chi connectivity index (χ1n) is 7.21. The van der Waals surface area contributed by atoms with Crippen LogP contribution in [-0.2, 0) is 22.7 Å². The van der Waals surface area contributed by atoms with Gasteiger partial charge in [-0.15, -0.1) is 0 Å². The molecule has 1 aromatic rings. The summed E-state index contributed by atoms with van der Waals surface area (Å²) < 4.78 is 5.72. The van der Waals surface area contributed by atoms with Crippen molar-refractivity contribution in [3.05, 3.63) is 35.4 Å². The molecule has 0 unspecified atom stereocenters. The number of hydrogen-bond acceptors (Lipinski definition) is 3. The zero-order valence-corrected chi connectivity index (χ0v) is 13.3. The van der Waals surface area contributed by atoms with Gasteiger partial charge in [0.15, 0.2) is 0 Å². The molecule has 0 aliphatic rings. The van der Waals surface area contributed by atoms with Crippen molar-refractivity contribution >= 4 is 12.0 Å². The van der Waals surface area contributed by atoms with Gasteiger partial charge in [-0.3, -0.25) is 4.79 Å². The summed E-state index contributed by atoms with van der Waals surface area (Å²) >= 11 is 0. The standard InChI is InChI=1S/C16H24N2O4/c1-16(2,3)22-11-13-6-4-5-12(9-13)10-18-15(21)17-8-7-14(19)20/h4-6,9H,7-8,10-11H2,1-3H3,(H,19,20)(H2,17,18,21). The second-order valence-electron chi connectivity index (χ2n) is 5.97. The van der Waals surface area contributed by atoms with E-state index in [2.05, 4.69) is 10.6 Å². The van der Waals surface area contributed by atoms with Crippen molar-refractivity contribution in [2.24, 2.45) is 0 Å². The van der Waals surface area contributed by atoms with E-state index in [-0.39, 0.29) is 24.6 Å². The highest BCUT2D eigenvalue weighted by Gasteiger charge is 2.10. The molecule has 1 rings (SSSR count). The Labute approximate surface area is 130 Å². The van der Waals surface area contributed by atoms with Crippen molar-refractivity contribution in [3.63, 3.8) is 0 Å². The first-order valence-corrected chi connectivity index (χ1v) is 7.21. The Bertz CT molecular complexity index is 509. The van der Waals surface area contributed by atoms with Crippen LogP contribution in [-0.4, -0.2) is 29.3 Å². The van der Waals surface area contributed by atoms with Gasteiger partial charge in [0.25, 0.3) is 0 Å². The van der Waals surface area contributed by atoms with Gasteiger partial charge in [0.1, 0.15) is 0 Å². The molecule has 0 aliphatic heterocycles. The number of amides is 2. The highest BCUT2D eigenvalue weighted by atomic mass is 16.5. The molecule has 0 fully saturated rings. The normalized spacial score (nSPS) is 11.0. The van der Waals surface area contributed by atoms with E-state index in [9.17, 15) is 9.59 Å². The molecule has 3 N–H and O–H groups in total. The Hall–Kier alpha value is -2.08. The number of carboxylic acids is 1. The molecule has 0 spiro atoms. The van der Waals surface area contributed by atoms with Gasteiger partial charge in [-0.05, 0) is 31.9 Å². The summed E-state index contributed by atoms with van der Waals surface area (Å²) in [6.07, 6.45) is -0.0902. The van der Waals surface area contributed by atoms with Gasteiger partial charge in [0, 0.05) is 13.1 Å². The summed E-state index contributed by atoms with van der Waals surface area (Å²) in [6, 6.07) is 7.40. The maximum Gasteiger partial charge on any atom is 0.315 e. The van der Waals surface area contributed by atoms with E-state index in [0.29, 0.717) is 13.2 Å². The lowest BCUT2D eigenvalue weighted by molar-refractivity contribution is -0.136. The molecule has 6 heteroatoms. The van der Waals surface area contributed by atoms with Crippen molar-refractivity contribution < 1.29 is 19.4 Å². The van der Waals surface area contributed by atoms with Crippen LogP contribution in [0.1, 0.15) is 38.3 Å². The number of rotatable bonds is 7. The lowest BCUT2D eigenvalue weighted by Crippen LogP contribution is -2.36. The zero-order valence-electron chi connectivity index (χ0n) is 13.3. The number of hydrogen-bond donors (Lipinski definition) is 3. The lowest BCUT2D eigenvalue weighted by atomic mass is 10.1. The smallest absolute Gasteiger partial charge is 0.315 e. The van der Waals surface area contributed by atoms with E-state index in [4.69, 9.17) is 9.84 Å². The number of aliphatic carboxylic acids is 1. The van der Waals surface area contributed by atoms with Crippen LogP contribution in [0.15, 0.2) is 24.3 Å². The molecule has 0 heterocycles. The minimum atomic E-state index is -0.938. The summed E-state index contributed by atoms with van der Waals surface area (Å²) in [5.74, 6) is -0.938. The van der Waals surface area contributed by atoms with Gasteiger partial charge in [0.2, 0.25) is 0 Å². The summed E-state index contributed by atoms with van der Waals surface area (Å²) in [7, 11) is 0. The van der Waals surface area contributed by atoms with E-state index in [1.54, 1.807) is 0 Å². The Balaban J connectivity index is 2.39. The molecular formula is C16H24N2O4. The first-order chi connectivity index (χ1) is 10.3. The lowest BCUT2D eigenvalue weighted by Gasteiger charge is -2.19. The molecule has 0 radical (unpaired) electrons. The number of carbonyl (C=O) groups excluding carboxylic acids is 1. The fraction of sp³-hybridized carbons (Fsp3) is 0.500. The van der Waals surface area contributed by atoms with Crippen LogP contribution in [0, 0.1) is 0 Å². The van der Waals surface area contributed by atoms with Crippen molar-refractivity contribution in [1.82, 2.24) is 10.6 Å². The van der Waals surface area contributed by atoms with Gasteiger partial charge in [-0.25, -0.2) is 4.79 Å². The second-order valence-corrected chi connectivity index (χ2v) is 5.97. The first kappa shape index (κ1) is 18.0. The van der Waals surface area contributed by atoms with Crippen LogP contribution in [0.4, 0.5) is 4.79 Å². The fourth-order valence-electron chi connectivity index (χ4n) is 1.66. The second kappa shape index (κ2) is 8.38. The Kier molecular flexibility index (Phi) is 6.85. The zero-order chi connectivity index (χ0) is 16.6. The molecule has 6 nitrogen and oxygen atoms in total. The molecule has 2 amide bonds. The Morgan fingerprint density at radius 2 is 1.86 bits per heavy atom. The number of urea groups is 1. The highest BCUT2D eigenvalue weighted by Crippen LogP contribution is 2.13. The number of ether oxygens (including phenoxy) is 1. The third-order valence-electron chi connectivity index (χ3n) is 2.74. The fourth-order valence-corrected chi connectivity index (χ4v) is 1.66. The van der Waals surface area contributed by atoms with E-state index in [1.807, 2.05) is 45.0 Å². The molecule has 122 valence electrons. The molecule has 0 bridgehead atoms. The van der Waals surface area contributed by atoms with E-state index < -0.39 is 5.97 Å². The predicted octanol–water partition coefficient (Wildman–Crippen LogP) is 2.28. The third kappa shape index (κ3) is 8.26. The largest absolute Gasteiger partial charge is 0.481 e. The molecule has 0 saturated heterocycles. The average molecular weight is 308 g/mol. The maximum atomic E-state index is 11.5. The molecule has 0 aromatic heterocycles. The van der Waals surface area contributed by atoms with Gasteiger partial charge < -0.3 is 20.5 Å². The van der Waals surface area contributed by atoms with Crippen LogP contribution >= 0.6 is 0 Å². The van der Waals surface area contributed by atoms with Crippen LogP contribution in [0.2, 0.25) is 0 Å². The Morgan fingerprint density at radius 1 is 1.18 bits per heavy atom. The molecule has 22 heavy (non-hydrogen) atoms. The summed E-state index contributed by atoms with van der Waals surface area (Å²) in [4.78, 5) is 21.8. The topological polar surface area (TPSA) is 87.7 Å². The summed E-state index contributed by atoms with van der Waals surface area (Å²) in [5, 5.41) is 13.7. The van der Waals surface area contributed by atoms with Crippen molar-refractivity contribution in [1.29, 1.82) is 0 Å². The Morgan fingerprint density at radius 3 is 2.50 bits per heavy atom. The van der Waals surface area contributed by atoms with Crippen molar-refractivity contribution in [2.75, 3.05) is 6.54 Å². The predicted molar refractivity (Wildman–Crippen MR) is 83.5 cm³/mol. The van der Waals surface area contributed by atoms with Gasteiger partial charge in [-0.2, -0.15) is 0 Å².